The van der Waals surface area contributed by atoms with Crippen LogP contribution in [0.1, 0.15) is 36.0 Å². The number of aromatic nitrogens is 1. The molecule has 3 rings (SSSR count). The van der Waals surface area contributed by atoms with Gasteiger partial charge in [-0.2, -0.15) is 0 Å². The number of fused-ring (bicyclic) bond motifs is 1. The van der Waals surface area contributed by atoms with E-state index in [0.717, 1.165) is 17.4 Å². The molecule has 2 unspecified atom stereocenters. The van der Waals surface area contributed by atoms with Gasteiger partial charge in [0.15, 0.2) is 0 Å². The van der Waals surface area contributed by atoms with Crippen LogP contribution in [0.4, 0.5) is 0 Å². The second-order valence-corrected chi connectivity index (χ2v) is 6.70. The lowest BCUT2D eigenvalue weighted by Gasteiger charge is -2.37. The summed E-state index contributed by atoms with van der Waals surface area (Å²) in [4.78, 5) is 4.29. The van der Waals surface area contributed by atoms with Crippen molar-refractivity contribution in [1.29, 1.82) is 0 Å². The zero-order chi connectivity index (χ0) is 14.7. The minimum atomic E-state index is 0.496. The molecule has 0 fully saturated rings. The summed E-state index contributed by atoms with van der Waals surface area (Å²) in [5.41, 5.74) is 4.33. The summed E-state index contributed by atoms with van der Waals surface area (Å²) in [5.74, 6) is 0.631. The van der Waals surface area contributed by atoms with E-state index in [9.17, 15) is 0 Å². The molecule has 0 spiro atoms. The maximum atomic E-state index is 4.29. The molecular weight excluding hydrogens is 324 g/mol. The minimum absolute atomic E-state index is 0.496. The van der Waals surface area contributed by atoms with Crippen molar-refractivity contribution in [1.82, 2.24) is 10.3 Å². The fourth-order valence-electron chi connectivity index (χ4n) is 3.16. The highest BCUT2D eigenvalue weighted by Crippen LogP contribution is 2.38. The molecule has 0 amide bonds. The molecule has 2 aromatic rings. The van der Waals surface area contributed by atoms with Crippen molar-refractivity contribution in [2.75, 3.05) is 6.54 Å². The zero-order valence-electron chi connectivity index (χ0n) is 12.3. The Hall–Kier alpha value is -1.19. The monoisotopic (exact) mass is 344 g/mol. The van der Waals surface area contributed by atoms with Crippen LogP contribution in [0.3, 0.4) is 0 Å². The lowest BCUT2D eigenvalue weighted by Crippen LogP contribution is -2.42. The summed E-state index contributed by atoms with van der Waals surface area (Å²) >= 11 is 3.52. The van der Waals surface area contributed by atoms with Crippen LogP contribution in [0.5, 0.6) is 0 Å². The number of halogens is 1. The number of nitrogens with one attached hydrogen (secondary N) is 1. The van der Waals surface area contributed by atoms with E-state index >= 15 is 0 Å². The van der Waals surface area contributed by atoms with Crippen molar-refractivity contribution in [2.45, 2.75) is 38.1 Å². The Labute approximate surface area is 135 Å². The molecule has 0 saturated carbocycles. The largest absolute Gasteiger partial charge is 0.313 e. The highest BCUT2D eigenvalue weighted by atomic mass is 79.9. The van der Waals surface area contributed by atoms with E-state index < -0.39 is 0 Å². The molecule has 3 heteroatoms. The van der Waals surface area contributed by atoms with Gasteiger partial charge >= 0.3 is 0 Å². The summed E-state index contributed by atoms with van der Waals surface area (Å²) in [6.07, 6.45) is 7.22. The van der Waals surface area contributed by atoms with Gasteiger partial charge in [-0.05, 0) is 64.5 Å². The molecule has 1 aromatic carbocycles. The maximum absolute atomic E-state index is 4.29. The Morgan fingerprint density at radius 1 is 1.33 bits per heavy atom. The van der Waals surface area contributed by atoms with Crippen molar-refractivity contribution < 1.29 is 0 Å². The van der Waals surface area contributed by atoms with E-state index in [1.165, 1.54) is 29.5 Å². The maximum Gasteiger partial charge on any atom is 0.0410 e. The summed E-state index contributed by atoms with van der Waals surface area (Å²) in [7, 11) is 0. The Morgan fingerprint density at radius 3 is 2.95 bits per heavy atom. The van der Waals surface area contributed by atoms with E-state index in [1.54, 1.807) is 0 Å². The van der Waals surface area contributed by atoms with Crippen molar-refractivity contribution in [3.63, 3.8) is 0 Å². The Bertz CT molecular complexity index is 612. The standard InChI is InChI=1S/C18H21BrN2/c1-2-7-21-18(9-13-8-15(19)12-20-11-13)17-10-14-5-3-4-6-16(14)17/h3-6,8,11-12,17-18,21H,2,7,9-10H2,1H3. The summed E-state index contributed by atoms with van der Waals surface area (Å²) in [5, 5.41) is 3.74. The molecule has 1 N–H and O–H groups in total. The minimum Gasteiger partial charge on any atom is -0.313 e. The molecule has 1 aliphatic carbocycles. The molecule has 21 heavy (non-hydrogen) atoms. The molecule has 1 aliphatic rings. The van der Waals surface area contributed by atoms with Gasteiger partial charge in [0.2, 0.25) is 0 Å². The van der Waals surface area contributed by atoms with Crippen molar-refractivity contribution in [3.8, 4) is 0 Å². The average molecular weight is 345 g/mol. The van der Waals surface area contributed by atoms with Crippen molar-refractivity contribution in [3.05, 3.63) is 63.9 Å². The smallest absolute Gasteiger partial charge is 0.0410 e. The summed E-state index contributed by atoms with van der Waals surface area (Å²) in [6.45, 7) is 3.30. The van der Waals surface area contributed by atoms with Gasteiger partial charge in [-0.1, -0.05) is 31.2 Å². The van der Waals surface area contributed by atoms with Gasteiger partial charge in [-0.15, -0.1) is 0 Å². The average Bonchev–Trinajstić information content (AvgIpc) is 2.46. The number of nitrogens with zero attached hydrogens (tertiary/aromatic N) is 1. The van der Waals surface area contributed by atoms with Crippen LogP contribution in [0, 0.1) is 0 Å². The van der Waals surface area contributed by atoms with Crippen LogP contribution in [0.15, 0.2) is 47.2 Å². The van der Waals surface area contributed by atoms with Crippen LogP contribution < -0.4 is 5.32 Å². The summed E-state index contributed by atoms with van der Waals surface area (Å²) < 4.78 is 1.06. The van der Waals surface area contributed by atoms with E-state index in [1.807, 2.05) is 12.4 Å². The van der Waals surface area contributed by atoms with Crippen molar-refractivity contribution >= 4 is 15.9 Å². The molecule has 0 aliphatic heterocycles. The van der Waals surface area contributed by atoms with Crippen LogP contribution >= 0.6 is 15.9 Å². The predicted octanol–water partition coefficient (Wildman–Crippen LogP) is 4.09. The molecule has 1 heterocycles. The normalized spacial score (nSPS) is 17.9. The molecule has 0 radical (unpaired) electrons. The van der Waals surface area contributed by atoms with Gasteiger partial charge < -0.3 is 5.32 Å². The first-order valence-electron chi connectivity index (χ1n) is 7.68. The van der Waals surface area contributed by atoms with Gasteiger partial charge in [0, 0.05) is 28.8 Å². The SMILES string of the molecule is CCCNC(Cc1cncc(Br)c1)C1Cc2ccccc21. The van der Waals surface area contributed by atoms with E-state index in [-0.39, 0.29) is 0 Å². The third-order valence-electron chi connectivity index (χ3n) is 4.25. The third-order valence-corrected chi connectivity index (χ3v) is 4.69. The fourth-order valence-corrected chi connectivity index (χ4v) is 3.58. The Morgan fingerprint density at radius 2 is 2.19 bits per heavy atom. The molecule has 2 atom stereocenters. The molecule has 0 bridgehead atoms. The predicted molar refractivity (Wildman–Crippen MR) is 90.6 cm³/mol. The first kappa shape index (κ1) is 14.7. The third kappa shape index (κ3) is 3.35. The first-order valence-corrected chi connectivity index (χ1v) is 8.48. The van der Waals surface area contributed by atoms with Gasteiger partial charge in [0.25, 0.3) is 0 Å². The molecule has 2 nitrogen and oxygen atoms in total. The number of hydrogen-bond acceptors (Lipinski definition) is 2. The number of rotatable bonds is 6. The van der Waals surface area contributed by atoms with Crippen LogP contribution in [0.25, 0.3) is 0 Å². The van der Waals surface area contributed by atoms with Crippen LogP contribution in [0.2, 0.25) is 0 Å². The number of hydrogen-bond donors (Lipinski definition) is 1. The Kier molecular flexibility index (Phi) is 4.71. The second kappa shape index (κ2) is 6.71. The lowest BCUT2D eigenvalue weighted by atomic mass is 9.72. The number of pyridine rings is 1. The van der Waals surface area contributed by atoms with Gasteiger partial charge in [0.1, 0.15) is 0 Å². The van der Waals surface area contributed by atoms with E-state index in [4.69, 9.17) is 0 Å². The molecule has 110 valence electrons. The first-order chi connectivity index (χ1) is 10.3. The second-order valence-electron chi connectivity index (χ2n) is 5.79. The topological polar surface area (TPSA) is 24.9 Å². The number of benzene rings is 1. The highest BCUT2D eigenvalue weighted by molar-refractivity contribution is 9.10. The van der Waals surface area contributed by atoms with Gasteiger partial charge in [-0.25, -0.2) is 0 Å². The van der Waals surface area contributed by atoms with Gasteiger partial charge in [-0.3, -0.25) is 4.98 Å². The molecule has 1 aromatic heterocycles. The quantitative estimate of drug-likeness (QED) is 0.853. The van der Waals surface area contributed by atoms with Crippen LogP contribution in [-0.2, 0) is 12.8 Å². The Balaban J connectivity index is 1.76. The van der Waals surface area contributed by atoms with E-state index in [2.05, 4.69) is 63.5 Å². The van der Waals surface area contributed by atoms with Gasteiger partial charge in [0.05, 0.1) is 0 Å². The molecule has 0 saturated heterocycles. The lowest BCUT2D eigenvalue weighted by molar-refractivity contribution is 0.397. The highest BCUT2D eigenvalue weighted by Gasteiger charge is 2.32. The van der Waals surface area contributed by atoms with E-state index in [0.29, 0.717) is 12.0 Å². The summed E-state index contributed by atoms with van der Waals surface area (Å²) in [6, 6.07) is 11.5. The van der Waals surface area contributed by atoms with Crippen LogP contribution in [-0.4, -0.2) is 17.6 Å². The zero-order valence-corrected chi connectivity index (χ0v) is 13.9. The molecular formula is C18H21BrN2. The fraction of sp³-hybridized carbons (Fsp3) is 0.389. The van der Waals surface area contributed by atoms with Crippen molar-refractivity contribution in [2.24, 2.45) is 0 Å².